The minimum atomic E-state index is -2.71. The van der Waals surface area contributed by atoms with Crippen molar-refractivity contribution in [3.8, 4) is 0 Å². The number of guanidine groups is 1. The zero-order chi connectivity index (χ0) is 18.9. The largest absolute Gasteiger partial charge is 0.461 e. The van der Waals surface area contributed by atoms with Crippen LogP contribution in [0.15, 0.2) is 0 Å². The van der Waals surface area contributed by atoms with Gasteiger partial charge in [0.05, 0.1) is 6.10 Å². The number of amides is 1. The average molecular weight is 314 g/mol. The monoisotopic (exact) mass is 314 g/mol. The number of nitrogens with one attached hydrogen (secondary N) is 2. The smallest absolute Gasteiger partial charge is 0.325 e. The van der Waals surface area contributed by atoms with Crippen LogP contribution in [-0.4, -0.2) is 42.4 Å². The molecule has 6 heteroatoms. The fourth-order valence-corrected chi connectivity index (χ4v) is 2.39. The summed E-state index contributed by atoms with van der Waals surface area (Å²) < 4.78 is 27.7. The maximum atomic E-state index is 12.0. The van der Waals surface area contributed by atoms with Crippen LogP contribution in [-0.2, 0) is 14.3 Å². The van der Waals surface area contributed by atoms with Gasteiger partial charge in [0.2, 0.25) is 5.91 Å². The van der Waals surface area contributed by atoms with Gasteiger partial charge < -0.3 is 9.64 Å². The number of carbonyl (C=O) groups is 2. The number of nitrogens with zero attached hydrogens (tertiary/aromatic N) is 1. The van der Waals surface area contributed by atoms with Gasteiger partial charge in [0.1, 0.15) is 6.54 Å². The van der Waals surface area contributed by atoms with Crippen molar-refractivity contribution in [1.29, 1.82) is 5.41 Å². The van der Waals surface area contributed by atoms with Gasteiger partial charge >= 0.3 is 5.97 Å². The molecule has 1 fully saturated rings. The molecule has 0 aromatic heterocycles. The van der Waals surface area contributed by atoms with E-state index in [1.807, 2.05) is 0 Å². The lowest BCUT2D eigenvalue weighted by atomic mass is 10.1. The second kappa shape index (κ2) is 10.2. The van der Waals surface area contributed by atoms with E-state index in [-0.39, 0.29) is 12.5 Å². The van der Waals surface area contributed by atoms with Gasteiger partial charge in [-0.2, -0.15) is 0 Å². The van der Waals surface area contributed by atoms with Gasteiger partial charge in [-0.25, -0.2) is 0 Å². The summed E-state index contributed by atoms with van der Waals surface area (Å²) >= 11 is 0. The van der Waals surface area contributed by atoms with Crippen LogP contribution in [0.3, 0.4) is 0 Å². The van der Waals surface area contributed by atoms with Gasteiger partial charge in [-0.05, 0) is 26.2 Å². The van der Waals surface area contributed by atoms with Crippen LogP contribution in [0.1, 0.15) is 68.8 Å². The van der Waals surface area contributed by atoms with Gasteiger partial charge in [-0.15, -0.1) is 0 Å². The van der Waals surface area contributed by atoms with Crippen molar-refractivity contribution in [2.24, 2.45) is 0 Å². The van der Waals surface area contributed by atoms with Crippen molar-refractivity contribution in [3.05, 3.63) is 0 Å². The van der Waals surface area contributed by atoms with Gasteiger partial charge in [0.25, 0.3) is 0 Å². The number of hydrogen-bond donors (Lipinski definition) is 2. The summed E-state index contributed by atoms with van der Waals surface area (Å²) in [4.78, 5) is 24.5. The lowest BCUT2D eigenvalue weighted by Crippen LogP contribution is -2.44. The average Bonchev–Trinajstić information content (AvgIpc) is 2.49. The molecular weight excluding hydrogens is 282 g/mol. The number of carbonyl (C=O) groups excluding carboxylic acids is 2. The van der Waals surface area contributed by atoms with E-state index < -0.39 is 31.4 Å². The zero-order valence-corrected chi connectivity index (χ0v) is 13.3. The van der Waals surface area contributed by atoms with Crippen molar-refractivity contribution < 1.29 is 18.4 Å². The number of cyclic esters (lactones) is 1. The third-order valence-electron chi connectivity index (χ3n) is 3.66. The van der Waals surface area contributed by atoms with Gasteiger partial charge in [0.15, 0.2) is 5.96 Å². The van der Waals surface area contributed by atoms with Crippen molar-refractivity contribution in [2.45, 2.75) is 70.8 Å². The number of rotatable bonds is 0. The molecule has 1 aliphatic rings. The minimum absolute atomic E-state index is 0.235. The number of esters is 1. The first kappa shape index (κ1) is 14.0. The predicted octanol–water partition coefficient (Wildman–Crippen LogP) is 2.43. The molecule has 0 saturated carbocycles. The summed E-state index contributed by atoms with van der Waals surface area (Å²) in [6.07, 6.45) is 7.59. The number of hydrogen-bond acceptors (Lipinski definition) is 4. The first-order chi connectivity index (χ1) is 11.7. The maximum absolute atomic E-state index is 12.0. The topological polar surface area (TPSA) is 82.5 Å². The Bertz CT molecular complexity index is 469. The van der Waals surface area contributed by atoms with E-state index >= 15 is 0 Å². The molecule has 0 bridgehead atoms. The van der Waals surface area contributed by atoms with E-state index in [2.05, 4.69) is 5.32 Å². The molecule has 1 heterocycles. The first-order valence-electron chi connectivity index (χ1n) is 9.55. The molecule has 1 atom stereocenters. The fraction of sp³-hybridized carbons (Fsp3) is 0.812. The van der Waals surface area contributed by atoms with Crippen LogP contribution in [0.5, 0.6) is 0 Å². The number of ether oxygens (including phenoxy) is 1. The third-order valence-corrected chi connectivity index (χ3v) is 3.66. The van der Waals surface area contributed by atoms with Crippen LogP contribution in [0.2, 0.25) is 0 Å². The van der Waals surface area contributed by atoms with E-state index in [4.69, 9.17) is 14.3 Å². The van der Waals surface area contributed by atoms with E-state index in [9.17, 15) is 9.59 Å². The highest BCUT2D eigenvalue weighted by atomic mass is 16.5. The second-order valence-electron chi connectivity index (χ2n) is 5.80. The van der Waals surface area contributed by atoms with E-state index in [0.29, 0.717) is 11.3 Å². The normalized spacial score (nSPS) is 27.0. The van der Waals surface area contributed by atoms with Crippen molar-refractivity contribution in [2.75, 3.05) is 13.5 Å². The maximum Gasteiger partial charge on any atom is 0.325 e. The molecule has 0 radical (unpaired) electrons. The van der Waals surface area contributed by atoms with Gasteiger partial charge in [-0.1, -0.05) is 32.1 Å². The minimum Gasteiger partial charge on any atom is -0.461 e. The second-order valence-corrected chi connectivity index (χ2v) is 5.80. The Hall–Kier alpha value is -1.59. The highest BCUT2D eigenvalue weighted by Crippen LogP contribution is 2.12. The lowest BCUT2D eigenvalue weighted by molar-refractivity contribution is -0.148. The Morgan fingerprint density at radius 1 is 1.18 bits per heavy atom. The zero-order valence-electron chi connectivity index (χ0n) is 16.3. The Morgan fingerprint density at radius 2 is 1.82 bits per heavy atom. The fourth-order valence-electron chi connectivity index (χ4n) is 2.39. The Kier molecular flexibility index (Phi) is 6.50. The SMILES string of the molecule is [2H]C([2H])([2H])N1CC(=O)OC(C)CCCCCCCCCC(=O)NC1=N. The molecule has 22 heavy (non-hydrogen) atoms. The predicted molar refractivity (Wildman–Crippen MR) is 85.6 cm³/mol. The molecule has 2 N–H and O–H groups in total. The molecule has 6 nitrogen and oxygen atoms in total. The Morgan fingerprint density at radius 3 is 2.50 bits per heavy atom. The van der Waals surface area contributed by atoms with Gasteiger partial charge in [0, 0.05) is 17.5 Å². The summed E-state index contributed by atoms with van der Waals surface area (Å²) in [5.74, 6) is -1.73. The molecule has 1 aliphatic heterocycles. The first-order valence-corrected chi connectivity index (χ1v) is 8.05. The molecular formula is C16H29N3O3. The molecule has 1 rings (SSSR count). The quantitative estimate of drug-likeness (QED) is 0.673. The molecule has 0 aliphatic carbocycles. The molecule has 0 aromatic carbocycles. The Labute approximate surface area is 137 Å². The van der Waals surface area contributed by atoms with E-state index in [1.54, 1.807) is 6.92 Å². The molecule has 0 aromatic rings. The molecule has 0 spiro atoms. The summed E-state index contributed by atoms with van der Waals surface area (Å²) in [5, 5.41) is 10.1. The van der Waals surface area contributed by atoms with E-state index in [1.165, 1.54) is 0 Å². The molecule has 126 valence electrons. The summed E-state index contributed by atoms with van der Waals surface area (Å²) in [6, 6.07) is 0. The number of likely N-dealkylation sites (N-methyl/N-ethyl adjacent to an activating group) is 1. The Balaban J connectivity index is 2.77. The van der Waals surface area contributed by atoms with Crippen molar-refractivity contribution in [1.82, 2.24) is 10.2 Å². The van der Waals surface area contributed by atoms with Crippen molar-refractivity contribution in [3.63, 3.8) is 0 Å². The van der Waals surface area contributed by atoms with Crippen LogP contribution in [0.25, 0.3) is 0 Å². The summed E-state index contributed by atoms with van der Waals surface area (Å²) in [6.45, 7) is -1.53. The van der Waals surface area contributed by atoms with Crippen molar-refractivity contribution >= 4 is 17.8 Å². The highest BCUT2D eigenvalue weighted by molar-refractivity contribution is 5.96. The lowest BCUT2D eigenvalue weighted by Gasteiger charge is -2.20. The van der Waals surface area contributed by atoms with Crippen LogP contribution >= 0.6 is 0 Å². The van der Waals surface area contributed by atoms with E-state index in [0.717, 1.165) is 44.9 Å². The summed E-state index contributed by atoms with van der Waals surface area (Å²) in [7, 11) is 0. The standard InChI is InChI=1S/C16H29N3O3/c1-13-10-8-6-4-3-5-7-9-11-14(20)18-16(17)19(2)12-15(21)22-13/h13H,3-12H2,1-2H3,(H2,17,18,20)/i2D3. The molecule has 1 saturated heterocycles. The molecule has 1 amide bonds. The third kappa shape index (κ3) is 8.00. The van der Waals surface area contributed by atoms with Crippen LogP contribution in [0, 0.1) is 5.41 Å². The van der Waals surface area contributed by atoms with Crippen LogP contribution < -0.4 is 5.32 Å². The van der Waals surface area contributed by atoms with Crippen LogP contribution in [0.4, 0.5) is 0 Å². The summed E-state index contributed by atoms with van der Waals surface area (Å²) in [5.41, 5.74) is 0. The highest BCUT2D eigenvalue weighted by Gasteiger charge is 2.15. The molecule has 1 unspecified atom stereocenters. The van der Waals surface area contributed by atoms with Gasteiger partial charge in [-0.3, -0.25) is 20.3 Å².